The van der Waals surface area contributed by atoms with Gasteiger partial charge in [-0.05, 0) is 36.2 Å². The third-order valence-corrected chi connectivity index (χ3v) is 5.49. The summed E-state index contributed by atoms with van der Waals surface area (Å²) < 4.78 is 28.3. The van der Waals surface area contributed by atoms with Crippen molar-refractivity contribution in [2.45, 2.75) is 17.9 Å². The standard InChI is InChI=1S/C19H18N4O4S/c20-28(25,26)13-7-5-12(6-8-13)9-10-21-19(24)18-15-11-27-16-4-2-1-3-14(16)17(15)22-23-18/h1-8H,9-11H2,(H,21,24)(H,22,23)(H2,20,25,26). The van der Waals surface area contributed by atoms with Gasteiger partial charge in [-0.25, -0.2) is 13.6 Å². The average molecular weight is 398 g/mol. The Morgan fingerprint density at radius 1 is 1.18 bits per heavy atom. The average Bonchev–Trinajstić information content (AvgIpc) is 3.12. The topological polar surface area (TPSA) is 127 Å². The molecule has 0 saturated carbocycles. The molecule has 1 amide bonds. The largest absolute Gasteiger partial charge is 0.488 e. The number of nitrogens with one attached hydrogen (secondary N) is 2. The number of para-hydroxylation sites is 1. The van der Waals surface area contributed by atoms with Crippen LogP contribution in [0.15, 0.2) is 53.4 Å². The lowest BCUT2D eigenvalue weighted by Crippen LogP contribution is -2.27. The van der Waals surface area contributed by atoms with E-state index >= 15 is 0 Å². The van der Waals surface area contributed by atoms with E-state index in [2.05, 4.69) is 15.5 Å². The quantitative estimate of drug-likeness (QED) is 0.601. The van der Waals surface area contributed by atoms with Crippen molar-refractivity contribution in [1.82, 2.24) is 15.5 Å². The number of benzene rings is 2. The minimum Gasteiger partial charge on any atom is -0.488 e. The van der Waals surface area contributed by atoms with Crippen LogP contribution in [0.4, 0.5) is 0 Å². The van der Waals surface area contributed by atoms with Crippen molar-refractivity contribution in [2.75, 3.05) is 6.54 Å². The predicted molar refractivity (Wildman–Crippen MR) is 102 cm³/mol. The highest BCUT2D eigenvalue weighted by molar-refractivity contribution is 7.89. The summed E-state index contributed by atoms with van der Waals surface area (Å²) in [6, 6.07) is 13.8. The molecule has 1 aliphatic heterocycles. The van der Waals surface area contributed by atoms with E-state index in [1.165, 1.54) is 12.1 Å². The Hall–Kier alpha value is -3.17. The number of fused-ring (bicyclic) bond motifs is 3. The van der Waals surface area contributed by atoms with Crippen molar-refractivity contribution in [3.8, 4) is 17.0 Å². The predicted octanol–water partition coefficient (Wildman–Crippen LogP) is 1.59. The number of carbonyl (C=O) groups excluding carboxylic acids is 1. The molecule has 144 valence electrons. The number of hydrogen-bond donors (Lipinski definition) is 3. The van der Waals surface area contributed by atoms with Crippen LogP contribution in [-0.2, 0) is 23.1 Å². The lowest BCUT2D eigenvalue weighted by Gasteiger charge is -2.17. The molecule has 0 atom stereocenters. The van der Waals surface area contributed by atoms with Gasteiger partial charge in [0, 0.05) is 17.7 Å². The smallest absolute Gasteiger partial charge is 0.269 e. The fourth-order valence-corrected chi connectivity index (χ4v) is 3.62. The first-order valence-corrected chi connectivity index (χ1v) is 10.2. The van der Waals surface area contributed by atoms with Gasteiger partial charge in [-0.2, -0.15) is 5.10 Å². The van der Waals surface area contributed by atoms with Gasteiger partial charge in [0.1, 0.15) is 23.7 Å². The second-order valence-electron chi connectivity index (χ2n) is 6.41. The van der Waals surface area contributed by atoms with Crippen LogP contribution in [0.3, 0.4) is 0 Å². The number of aromatic nitrogens is 2. The number of amides is 1. The summed E-state index contributed by atoms with van der Waals surface area (Å²) in [4.78, 5) is 12.6. The highest BCUT2D eigenvalue weighted by atomic mass is 32.2. The molecule has 8 nitrogen and oxygen atoms in total. The molecular weight excluding hydrogens is 380 g/mol. The zero-order valence-electron chi connectivity index (χ0n) is 14.8. The molecule has 2 aromatic carbocycles. The second kappa shape index (κ2) is 7.10. The fraction of sp³-hybridized carbons (Fsp3) is 0.158. The summed E-state index contributed by atoms with van der Waals surface area (Å²) >= 11 is 0. The molecule has 2 heterocycles. The van der Waals surface area contributed by atoms with Gasteiger partial charge < -0.3 is 10.1 Å². The minimum atomic E-state index is -3.71. The molecule has 0 saturated heterocycles. The Morgan fingerprint density at radius 2 is 1.93 bits per heavy atom. The van der Waals surface area contributed by atoms with Crippen LogP contribution in [0, 0.1) is 0 Å². The number of ether oxygens (including phenoxy) is 1. The van der Waals surface area contributed by atoms with Gasteiger partial charge in [0.25, 0.3) is 5.91 Å². The zero-order chi connectivity index (χ0) is 19.7. The molecule has 0 radical (unpaired) electrons. The van der Waals surface area contributed by atoms with Crippen molar-refractivity contribution in [3.63, 3.8) is 0 Å². The van der Waals surface area contributed by atoms with Crippen LogP contribution >= 0.6 is 0 Å². The molecular formula is C19H18N4O4S. The number of H-pyrrole nitrogens is 1. The Labute approximate surface area is 161 Å². The fourth-order valence-electron chi connectivity index (χ4n) is 3.11. The van der Waals surface area contributed by atoms with Crippen LogP contribution in [0.2, 0.25) is 0 Å². The molecule has 9 heteroatoms. The Kier molecular flexibility index (Phi) is 4.62. The number of primary sulfonamides is 1. The van der Waals surface area contributed by atoms with E-state index in [-0.39, 0.29) is 17.4 Å². The van der Waals surface area contributed by atoms with Crippen molar-refractivity contribution in [3.05, 3.63) is 65.4 Å². The molecule has 4 N–H and O–H groups in total. The van der Waals surface area contributed by atoms with Crippen molar-refractivity contribution < 1.29 is 17.9 Å². The third kappa shape index (κ3) is 3.49. The number of nitrogens with two attached hydrogens (primary N) is 1. The molecule has 28 heavy (non-hydrogen) atoms. The number of sulfonamides is 1. The van der Waals surface area contributed by atoms with E-state index in [4.69, 9.17) is 9.88 Å². The van der Waals surface area contributed by atoms with Crippen LogP contribution in [0.1, 0.15) is 21.6 Å². The van der Waals surface area contributed by atoms with E-state index in [1.54, 1.807) is 12.1 Å². The van der Waals surface area contributed by atoms with Crippen molar-refractivity contribution in [1.29, 1.82) is 0 Å². The summed E-state index contributed by atoms with van der Waals surface area (Å²) in [6.45, 7) is 0.666. The summed E-state index contributed by atoms with van der Waals surface area (Å²) in [6.07, 6.45) is 0.548. The number of hydrogen-bond acceptors (Lipinski definition) is 5. The van der Waals surface area contributed by atoms with Gasteiger partial charge in [0.05, 0.1) is 4.90 Å². The molecule has 0 unspecified atom stereocenters. The monoisotopic (exact) mass is 398 g/mol. The Bertz CT molecular complexity index is 1140. The Morgan fingerprint density at radius 3 is 2.68 bits per heavy atom. The van der Waals surface area contributed by atoms with Gasteiger partial charge in [-0.15, -0.1) is 0 Å². The Balaban J connectivity index is 1.41. The third-order valence-electron chi connectivity index (χ3n) is 4.56. The molecule has 0 spiro atoms. The maximum atomic E-state index is 12.5. The summed E-state index contributed by atoms with van der Waals surface area (Å²) in [7, 11) is -3.71. The number of aromatic amines is 1. The first kappa shape index (κ1) is 18.2. The van der Waals surface area contributed by atoms with Crippen LogP contribution < -0.4 is 15.2 Å². The minimum absolute atomic E-state index is 0.0599. The van der Waals surface area contributed by atoms with Crippen LogP contribution in [0.5, 0.6) is 5.75 Å². The number of nitrogens with zero attached hydrogens (tertiary/aromatic N) is 1. The van der Waals surface area contributed by atoms with Gasteiger partial charge in [-0.3, -0.25) is 9.89 Å². The summed E-state index contributed by atoms with van der Waals surface area (Å²) in [5.74, 6) is 0.481. The van der Waals surface area contributed by atoms with E-state index in [0.717, 1.165) is 28.1 Å². The van der Waals surface area contributed by atoms with Crippen molar-refractivity contribution in [2.24, 2.45) is 5.14 Å². The SMILES string of the molecule is NS(=O)(=O)c1ccc(CCNC(=O)c2[nH]nc3c2COc2ccccc2-3)cc1. The first-order chi connectivity index (χ1) is 13.4. The first-order valence-electron chi connectivity index (χ1n) is 8.63. The van der Waals surface area contributed by atoms with Gasteiger partial charge in [0.2, 0.25) is 10.0 Å². The molecule has 3 aromatic rings. The summed E-state index contributed by atoms with van der Waals surface area (Å²) in [5, 5.41) is 15.0. The molecule has 0 fully saturated rings. The lowest BCUT2D eigenvalue weighted by atomic mass is 10.0. The van der Waals surface area contributed by atoms with Gasteiger partial charge >= 0.3 is 0 Å². The molecule has 0 bridgehead atoms. The van der Waals surface area contributed by atoms with Gasteiger partial charge in [0.15, 0.2) is 0 Å². The highest BCUT2D eigenvalue weighted by Crippen LogP contribution is 2.36. The maximum Gasteiger partial charge on any atom is 0.269 e. The maximum absolute atomic E-state index is 12.5. The second-order valence-corrected chi connectivity index (χ2v) is 7.97. The molecule has 0 aliphatic carbocycles. The van der Waals surface area contributed by atoms with E-state index in [9.17, 15) is 13.2 Å². The molecule has 4 rings (SSSR count). The number of rotatable bonds is 5. The van der Waals surface area contributed by atoms with Crippen LogP contribution in [-0.4, -0.2) is 31.1 Å². The normalized spacial score (nSPS) is 12.6. The van der Waals surface area contributed by atoms with Crippen LogP contribution in [0.25, 0.3) is 11.3 Å². The number of carbonyl (C=O) groups is 1. The van der Waals surface area contributed by atoms with Gasteiger partial charge in [-0.1, -0.05) is 24.3 Å². The highest BCUT2D eigenvalue weighted by Gasteiger charge is 2.25. The van der Waals surface area contributed by atoms with E-state index < -0.39 is 10.0 Å². The zero-order valence-corrected chi connectivity index (χ0v) is 15.6. The van der Waals surface area contributed by atoms with E-state index in [0.29, 0.717) is 18.7 Å². The summed E-state index contributed by atoms with van der Waals surface area (Å²) in [5.41, 5.74) is 3.58. The van der Waals surface area contributed by atoms with Crippen molar-refractivity contribution >= 4 is 15.9 Å². The lowest BCUT2D eigenvalue weighted by molar-refractivity contribution is 0.0946. The molecule has 1 aromatic heterocycles. The van der Waals surface area contributed by atoms with E-state index in [1.807, 2.05) is 24.3 Å². The molecule has 1 aliphatic rings.